The lowest BCUT2D eigenvalue weighted by atomic mass is 10.1. The van der Waals surface area contributed by atoms with Crippen LogP contribution in [-0.4, -0.2) is 44.9 Å². The highest BCUT2D eigenvalue weighted by atomic mass is 32.2. The molecule has 4 rings (SSSR count). The van der Waals surface area contributed by atoms with Gasteiger partial charge in [-0.15, -0.1) is 0 Å². The lowest BCUT2D eigenvalue weighted by molar-refractivity contribution is 0.0729. The van der Waals surface area contributed by atoms with E-state index in [1.165, 1.54) is 16.4 Å². The van der Waals surface area contributed by atoms with Crippen LogP contribution in [0.1, 0.15) is 27.0 Å². The van der Waals surface area contributed by atoms with Crippen LogP contribution in [0.15, 0.2) is 72.8 Å². The van der Waals surface area contributed by atoms with Crippen molar-refractivity contribution in [2.24, 2.45) is 0 Å². The third kappa shape index (κ3) is 7.11. The summed E-state index contributed by atoms with van der Waals surface area (Å²) in [5.74, 6) is 0.0360. The third-order valence-corrected chi connectivity index (χ3v) is 7.47. The van der Waals surface area contributed by atoms with Gasteiger partial charge in [-0.05, 0) is 53.1 Å². The van der Waals surface area contributed by atoms with Gasteiger partial charge in [0.1, 0.15) is 18.2 Å². The Kier molecular flexibility index (Phi) is 8.12. The number of ether oxygens (including phenoxy) is 2. The number of nitrogens with one attached hydrogen (secondary N) is 1. The first-order valence-electron chi connectivity index (χ1n) is 11.3. The molecule has 1 heterocycles. The van der Waals surface area contributed by atoms with Crippen LogP contribution < -0.4 is 10.1 Å². The van der Waals surface area contributed by atoms with Crippen molar-refractivity contribution < 1.29 is 27.1 Å². The molecule has 0 saturated carbocycles. The van der Waals surface area contributed by atoms with Crippen LogP contribution in [-0.2, 0) is 33.7 Å². The Balaban J connectivity index is 1.25. The summed E-state index contributed by atoms with van der Waals surface area (Å²) in [5, 5.41) is 2.86. The summed E-state index contributed by atoms with van der Waals surface area (Å²) < 4.78 is 50.4. The van der Waals surface area contributed by atoms with Gasteiger partial charge in [0.25, 0.3) is 5.91 Å². The minimum absolute atomic E-state index is 0.107. The Morgan fingerprint density at radius 2 is 1.49 bits per heavy atom. The van der Waals surface area contributed by atoms with E-state index >= 15 is 0 Å². The zero-order valence-electron chi connectivity index (χ0n) is 19.2. The van der Waals surface area contributed by atoms with Crippen molar-refractivity contribution in [2.75, 3.05) is 26.3 Å². The molecule has 1 N–H and O–H groups in total. The highest BCUT2D eigenvalue weighted by Gasteiger charge is 2.24. The molecule has 7 nitrogen and oxygen atoms in total. The van der Waals surface area contributed by atoms with E-state index in [0.717, 1.165) is 11.1 Å². The molecule has 184 valence electrons. The molecule has 3 aromatic carbocycles. The topological polar surface area (TPSA) is 84.9 Å². The maximum Gasteiger partial charge on any atom is 0.251 e. The number of hydrogen-bond donors (Lipinski definition) is 1. The molecule has 1 fully saturated rings. The van der Waals surface area contributed by atoms with Crippen molar-refractivity contribution in [2.45, 2.75) is 18.9 Å². The molecule has 35 heavy (non-hydrogen) atoms. The Hall–Kier alpha value is -3.27. The summed E-state index contributed by atoms with van der Waals surface area (Å²) >= 11 is 0. The highest BCUT2D eigenvalue weighted by Crippen LogP contribution is 2.16. The second-order valence-electron chi connectivity index (χ2n) is 8.21. The number of sulfonamides is 1. The summed E-state index contributed by atoms with van der Waals surface area (Å²) in [4.78, 5) is 12.5. The number of benzene rings is 3. The van der Waals surface area contributed by atoms with Gasteiger partial charge < -0.3 is 14.8 Å². The molecule has 0 bridgehead atoms. The van der Waals surface area contributed by atoms with Crippen molar-refractivity contribution in [1.82, 2.24) is 9.62 Å². The lowest BCUT2D eigenvalue weighted by Gasteiger charge is -2.26. The van der Waals surface area contributed by atoms with Crippen molar-refractivity contribution >= 4 is 15.9 Å². The summed E-state index contributed by atoms with van der Waals surface area (Å²) in [7, 11) is -3.41. The van der Waals surface area contributed by atoms with E-state index in [9.17, 15) is 17.6 Å². The molecule has 1 aliphatic rings. The molecule has 1 saturated heterocycles. The maximum atomic E-state index is 13.0. The van der Waals surface area contributed by atoms with E-state index in [2.05, 4.69) is 5.32 Å². The molecule has 9 heteroatoms. The number of carbonyl (C=O) groups excluding carboxylic acids is 1. The third-order valence-electron chi connectivity index (χ3n) is 5.62. The van der Waals surface area contributed by atoms with Gasteiger partial charge in [0, 0.05) is 25.2 Å². The fourth-order valence-electron chi connectivity index (χ4n) is 3.61. The van der Waals surface area contributed by atoms with Crippen molar-refractivity contribution in [1.29, 1.82) is 0 Å². The Morgan fingerprint density at radius 3 is 2.14 bits per heavy atom. The van der Waals surface area contributed by atoms with Gasteiger partial charge in [0.15, 0.2) is 0 Å². The van der Waals surface area contributed by atoms with Crippen molar-refractivity contribution in [3.63, 3.8) is 0 Å². The molecule has 0 spiro atoms. The van der Waals surface area contributed by atoms with E-state index < -0.39 is 10.0 Å². The van der Waals surface area contributed by atoms with Crippen LogP contribution in [0.5, 0.6) is 5.75 Å². The smallest absolute Gasteiger partial charge is 0.251 e. The van der Waals surface area contributed by atoms with E-state index in [1.54, 1.807) is 36.4 Å². The number of carbonyl (C=O) groups is 1. The van der Waals surface area contributed by atoms with Gasteiger partial charge >= 0.3 is 0 Å². The molecule has 0 aliphatic carbocycles. The van der Waals surface area contributed by atoms with Crippen LogP contribution in [0.25, 0.3) is 0 Å². The number of nitrogens with zero attached hydrogens (tertiary/aromatic N) is 1. The molecule has 1 aliphatic heterocycles. The quantitative estimate of drug-likeness (QED) is 0.488. The summed E-state index contributed by atoms with van der Waals surface area (Å²) in [5.41, 5.74) is 2.86. The van der Waals surface area contributed by atoms with Crippen LogP contribution in [0.4, 0.5) is 4.39 Å². The van der Waals surface area contributed by atoms with Crippen molar-refractivity contribution in [3.05, 3.63) is 101 Å². The van der Waals surface area contributed by atoms with E-state index in [-0.39, 0.29) is 17.5 Å². The molecule has 0 atom stereocenters. The van der Waals surface area contributed by atoms with Crippen LogP contribution >= 0.6 is 0 Å². The largest absolute Gasteiger partial charge is 0.489 e. The first-order chi connectivity index (χ1) is 16.9. The molecule has 0 unspecified atom stereocenters. The van der Waals surface area contributed by atoms with Gasteiger partial charge in [0.05, 0.1) is 19.0 Å². The zero-order valence-corrected chi connectivity index (χ0v) is 20.0. The number of halogens is 1. The van der Waals surface area contributed by atoms with Gasteiger partial charge in [-0.1, -0.05) is 36.4 Å². The van der Waals surface area contributed by atoms with Gasteiger partial charge in [-0.25, -0.2) is 12.8 Å². The monoisotopic (exact) mass is 498 g/mol. The Morgan fingerprint density at radius 1 is 0.886 bits per heavy atom. The number of amides is 1. The molecule has 0 radical (unpaired) electrons. The SMILES string of the molecule is O=C(NCc1ccc(OCc2ccc(F)cc2)cc1)c1ccc(CS(=O)(=O)N2CCOCC2)cc1. The van der Waals surface area contributed by atoms with Crippen molar-refractivity contribution in [3.8, 4) is 5.75 Å². The minimum atomic E-state index is -3.41. The summed E-state index contributed by atoms with van der Waals surface area (Å²) in [6, 6.07) is 20.1. The maximum absolute atomic E-state index is 13.0. The highest BCUT2D eigenvalue weighted by molar-refractivity contribution is 7.88. The van der Waals surface area contributed by atoms with Gasteiger partial charge in [-0.3, -0.25) is 4.79 Å². The fraction of sp³-hybridized carbons (Fsp3) is 0.269. The fourth-order valence-corrected chi connectivity index (χ4v) is 5.12. The zero-order chi connectivity index (χ0) is 24.7. The molecule has 0 aromatic heterocycles. The minimum Gasteiger partial charge on any atom is -0.489 e. The first kappa shape index (κ1) is 24.8. The number of morpholine rings is 1. The van der Waals surface area contributed by atoms with Crippen LogP contribution in [0.2, 0.25) is 0 Å². The molecular weight excluding hydrogens is 471 g/mol. The van der Waals surface area contributed by atoms with Crippen LogP contribution in [0.3, 0.4) is 0 Å². The standard InChI is InChI=1S/C26H27FN2O5S/c27-24-9-3-21(4-10-24)18-34-25-11-5-20(6-12-25)17-28-26(30)23-7-1-22(2-8-23)19-35(31,32)29-13-15-33-16-14-29/h1-12H,13-19H2,(H,28,30). The Labute approximate surface area is 204 Å². The van der Waals surface area contributed by atoms with E-state index in [4.69, 9.17) is 9.47 Å². The summed E-state index contributed by atoms with van der Waals surface area (Å²) in [6.07, 6.45) is 0. The Bertz CT molecular complexity index is 1220. The normalized spacial score (nSPS) is 14.4. The second kappa shape index (κ2) is 11.4. The number of hydrogen-bond acceptors (Lipinski definition) is 5. The predicted molar refractivity (Wildman–Crippen MR) is 130 cm³/mol. The van der Waals surface area contributed by atoms with E-state index in [0.29, 0.717) is 56.3 Å². The summed E-state index contributed by atoms with van der Waals surface area (Å²) in [6.45, 7) is 2.22. The number of rotatable bonds is 9. The molecule has 1 amide bonds. The average molecular weight is 499 g/mol. The molecular formula is C26H27FN2O5S. The van der Waals surface area contributed by atoms with E-state index in [1.807, 2.05) is 24.3 Å². The predicted octanol–water partition coefficient (Wildman–Crippen LogP) is 3.50. The van der Waals surface area contributed by atoms with Gasteiger partial charge in [-0.2, -0.15) is 4.31 Å². The second-order valence-corrected chi connectivity index (χ2v) is 10.2. The van der Waals surface area contributed by atoms with Gasteiger partial charge in [0.2, 0.25) is 10.0 Å². The van der Waals surface area contributed by atoms with Crippen LogP contribution in [0, 0.1) is 5.82 Å². The first-order valence-corrected chi connectivity index (χ1v) is 12.9. The molecule has 3 aromatic rings. The average Bonchev–Trinajstić information content (AvgIpc) is 2.88. The lowest BCUT2D eigenvalue weighted by Crippen LogP contribution is -2.41.